The van der Waals surface area contributed by atoms with Gasteiger partial charge in [0, 0.05) is 10.0 Å². The first-order valence-electron chi connectivity index (χ1n) is 4.57. The van der Waals surface area contributed by atoms with Crippen molar-refractivity contribution in [3.05, 3.63) is 34.3 Å². The SMILES string of the molecule is COC(=O)C[C@](C)(N)c1cccc(Br)c1. The van der Waals surface area contributed by atoms with Gasteiger partial charge in [-0.2, -0.15) is 0 Å². The maximum atomic E-state index is 11.2. The molecule has 82 valence electrons. The normalized spacial score (nSPS) is 14.4. The van der Waals surface area contributed by atoms with E-state index in [0.29, 0.717) is 0 Å². The van der Waals surface area contributed by atoms with Crippen molar-refractivity contribution in [2.45, 2.75) is 18.9 Å². The van der Waals surface area contributed by atoms with E-state index in [1.54, 1.807) is 0 Å². The Balaban J connectivity index is 2.90. The lowest BCUT2D eigenvalue weighted by Crippen LogP contribution is -2.35. The van der Waals surface area contributed by atoms with Gasteiger partial charge in [0.1, 0.15) is 0 Å². The molecule has 0 fully saturated rings. The average Bonchev–Trinajstić information content (AvgIpc) is 2.17. The number of methoxy groups -OCH3 is 1. The molecule has 2 N–H and O–H groups in total. The smallest absolute Gasteiger partial charge is 0.307 e. The van der Waals surface area contributed by atoms with Crippen molar-refractivity contribution >= 4 is 21.9 Å². The molecule has 0 aliphatic heterocycles. The van der Waals surface area contributed by atoms with E-state index in [1.807, 2.05) is 31.2 Å². The molecule has 0 spiro atoms. The molecular weight excluding hydrogens is 258 g/mol. The molecule has 0 saturated carbocycles. The highest BCUT2D eigenvalue weighted by Crippen LogP contribution is 2.24. The van der Waals surface area contributed by atoms with Crippen molar-refractivity contribution in [2.24, 2.45) is 5.73 Å². The van der Waals surface area contributed by atoms with Gasteiger partial charge in [-0.25, -0.2) is 0 Å². The van der Waals surface area contributed by atoms with Crippen LogP contribution in [0.4, 0.5) is 0 Å². The lowest BCUT2D eigenvalue weighted by atomic mass is 9.90. The van der Waals surface area contributed by atoms with Crippen molar-refractivity contribution in [1.29, 1.82) is 0 Å². The van der Waals surface area contributed by atoms with Gasteiger partial charge in [-0.1, -0.05) is 28.1 Å². The summed E-state index contributed by atoms with van der Waals surface area (Å²) in [6, 6.07) is 7.61. The van der Waals surface area contributed by atoms with Gasteiger partial charge in [-0.3, -0.25) is 4.79 Å². The molecule has 0 aliphatic rings. The van der Waals surface area contributed by atoms with Crippen LogP contribution in [0.1, 0.15) is 18.9 Å². The van der Waals surface area contributed by atoms with Gasteiger partial charge in [0.2, 0.25) is 0 Å². The van der Waals surface area contributed by atoms with Crippen LogP contribution in [0, 0.1) is 0 Å². The molecule has 1 aromatic rings. The third-order valence-electron chi connectivity index (χ3n) is 2.22. The van der Waals surface area contributed by atoms with Crippen molar-refractivity contribution in [2.75, 3.05) is 7.11 Å². The Morgan fingerprint density at radius 3 is 2.80 bits per heavy atom. The van der Waals surface area contributed by atoms with Gasteiger partial charge in [0.25, 0.3) is 0 Å². The predicted molar refractivity (Wildman–Crippen MR) is 62.3 cm³/mol. The van der Waals surface area contributed by atoms with E-state index in [0.717, 1.165) is 10.0 Å². The van der Waals surface area contributed by atoms with Crippen molar-refractivity contribution in [3.8, 4) is 0 Å². The van der Waals surface area contributed by atoms with E-state index in [2.05, 4.69) is 20.7 Å². The lowest BCUT2D eigenvalue weighted by Gasteiger charge is -2.23. The molecule has 0 aromatic heterocycles. The molecule has 4 heteroatoms. The number of carbonyl (C=O) groups excluding carboxylic acids is 1. The van der Waals surface area contributed by atoms with Crippen LogP contribution in [-0.4, -0.2) is 13.1 Å². The second-order valence-electron chi connectivity index (χ2n) is 3.68. The third-order valence-corrected chi connectivity index (χ3v) is 2.72. The Kier molecular flexibility index (Phi) is 3.88. The summed E-state index contributed by atoms with van der Waals surface area (Å²) < 4.78 is 5.55. The maximum absolute atomic E-state index is 11.2. The zero-order valence-electron chi connectivity index (χ0n) is 8.79. The van der Waals surface area contributed by atoms with Gasteiger partial charge in [-0.05, 0) is 24.6 Å². The number of esters is 1. The quantitative estimate of drug-likeness (QED) is 0.858. The number of benzene rings is 1. The minimum Gasteiger partial charge on any atom is -0.469 e. The molecule has 1 aromatic carbocycles. The van der Waals surface area contributed by atoms with Gasteiger partial charge in [-0.15, -0.1) is 0 Å². The molecule has 0 radical (unpaired) electrons. The van der Waals surface area contributed by atoms with Crippen molar-refractivity contribution in [3.63, 3.8) is 0 Å². The summed E-state index contributed by atoms with van der Waals surface area (Å²) in [5.41, 5.74) is 6.27. The molecule has 0 bridgehead atoms. The van der Waals surface area contributed by atoms with E-state index < -0.39 is 5.54 Å². The first-order valence-corrected chi connectivity index (χ1v) is 5.37. The minimum atomic E-state index is -0.698. The van der Waals surface area contributed by atoms with E-state index >= 15 is 0 Å². The fourth-order valence-corrected chi connectivity index (χ4v) is 1.72. The Morgan fingerprint density at radius 2 is 2.27 bits per heavy atom. The molecule has 0 saturated heterocycles. The molecule has 1 atom stereocenters. The number of nitrogens with two attached hydrogens (primary N) is 1. The molecule has 1 rings (SSSR count). The summed E-state index contributed by atoms with van der Waals surface area (Å²) in [5.74, 6) is -0.306. The second kappa shape index (κ2) is 4.77. The average molecular weight is 272 g/mol. The summed E-state index contributed by atoms with van der Waals surface area (Å²) in [5, 5.41) is 0. The van der Waals surface area contributed by atoms with E-state index in [1.165, 1.54) is 7.11 Å². The van der Waals surface area contributed by atoms with Gasteiger partial charge in [0.05, 0.1) is 13.5 Å². The Labute approximate surface area is 97.7 Å². The first kappa shape index (κ1) is 12.2. The molecule has 15 heavy (non-hydrogen) atoms. The maximum Gasteiger partial charge on any atom is 0.307 e. The number of ether oxygens (including phenoxy) is 1. The number of halogens is 1. The Bertz CT molecular complexity index is 363. The predicted octanol–water partition coefficient (Wildman–Crippen LogP) is 2.19. The standard InChI is InChI=1S/C11H14BrNO2/c1-11(13,7-10(14)15-2)8-4-3-5-9(12)6-8/h3-6H,7,13H2,1-2H3/t11-/m0/s1. The highest BCUT2D eigenvalue weighted by molar-refractivity contribution is 9.10. The number of carbonyl (C=O) groups is 1. The summed E-state index contributed by atoms with van der Waals surface area (Å²) in [6.07, 6.45) is 0.167. The molecule has 3 nitrogen and oxygen atoms in total. The third kappa shape index (κ3) is 3.32. The highest BCUT2D eigenvalue weighted by atomic mass is 79.9. The highest BCUT2D eigenvalue weighted by Gasteiger charge is 2.25. The zero-order chi connectivity index (χ0) is 11.5. The Morgan fingerprint density at radius 1 is 1.60 bits per heavy atom. The first-order chi connectivity index (χ1) is 6.95. The second-order valence-corrected chi connectivity index (χ2v) is 4.60. The van der Waals surface area contributed by atoms with Crippen molar-refractivity contribution < 1.29 is 9.53 Å². The fourth-order valence-electron chi connectivity index (χ4n) is 1.32. The van der Waals surface area contributed by atoms with Crippen LogP contribution in [0.5, 0.6) is 0 Å². The van der Waals surface area contributed by atoms with Crippen LogP contribution in [0.2, 0.25) is 0 Å². The molecule has 0 unspecified atom stereocenters. The van der Waals surface area contributed by atoms with E-state index in [4.69, 9.17) is 5.73 Å². The van der Waals surface area contributed by atoms with Gasteiger partial charge >= 0.3 is 5.97 Å². The van der Waals surface area contributed by atoms with Crippen LogP contribution >= 0.6 is 15.9 Å². The van der Waals surface area contributed by atoms with E-state index in [9.17, 15) is 4.79 Å². The van der Waals surface area contributed by atoms with Crippen LogP contribution < -0.4 is 5.73 Å². The van der Waals surface area contributed by atoms with Crippen LogP contribution in [-0.2, 0) is 15.1 Å². The summed E-state index contributed by atoms with van der Waals surface area (Å²) in [7, 11) is 1.36. The number of hydrogen-bond acceptors (Lipinski definition) is 3. The van der Waals surface area contributed by atoms with Crippen LogP contribution in [0.15, 0.2) is 28.7 Å². The number of hydrogen-bond donors (Lipinski definition) is 1. The lowest BCUT2D eigenvalue weighted by molar-refractivity contribution is -0.141. The van der Waals surface area contributed by atoms with E-state index in [-0.39, 0.29) is 12.4 Å². The van der Waals surface area contributed by atoms with Gasteiger partial charge < -0.3 is 10.5 Å². The summed E-state index contributed by atoms with van der Waals surface area (Å²) >= 11 is 3.37. The zero-order valence-corrected chi connectivity index (χ0v) is 10.4. The van der Waals surface area contributed by atoms with Gasteiger partial charge in [0.15, 0.2) is 0 Å². The monoisotopic (exact) mass is 271 g/mol. The number of rotatable bonds is 3. The molecule has 0 amide bonds. The largest absolute Gasteiger partial charge is 0.469 e. The molecule has 0 heterocycles. The summed E-state index contributed by atoms with van der Waals surface area (Å²) in [6.45, 7) is 1.81. The molecular formula is C11H14BrNO2. The topological polar surface area (TPSA) is 52.3 Å². The van der Waals surface area contributed by atoms with Crippen LogP contribution in [0.3, 0.4) is 0 Å². The van der Waals surface area contributed by atoms with Crippen molar-refractivity contribution in [1.82, 2.24) is 0 Å². The summed E-state index contributed by atoms with van der Waals surface area (Å²) in [4.78, 5) is 11.2. The van der Waals surface area contributed by atoms with Crippen LogP contribution in [0.25, 0.3) is 0 Å². The molecule has 0 aliphatic carbocycles. The Hall–Kier alpha value is -0.870. The minimum absolute atomic E-state index is 0.167. The fraction of sp³-hybridized carbons (Fsp3) is 0.364.